The second-order valence-corrected chi connectivity index (χ2v) is 28.1. The van der Waals surface area contributed by atoms with Crippen LogP contribution in [0.5, 0.6) is 0 Å². The Hall–Kier alpha value is -7.23. The number of amides is 3. The van der Waals surface area contributed by atoms with Gasteiger partial charge < -0.3 is 75.3 Å². The quantitative estimate of drug-likeness (QED) is 0.0153. The van der Waals surface area contributed by atoms with E-state index >= 15 is 0 Å². The summed E-state index contributed by atoms with van der Waals surface area (Å²) < 4.78 is 23.8. The van der Waals surface area contributed by atoms with Gasteiger partial charge in [-0.25, -0.2) is 0 Å². The Kier molecular flexibility index (Phi) is 51.6. The molecule has 106 heavy (non-hydrogen) atoms. The van der Waals surface area contributed by atoms with E-state index in [-0.39, 0.29) is 75.1 Å². The summed E-state index contributed by atoms with van der Waals surface area (Å²) in [7, 11) is 0. The van der Waals surface area contributed by atoms with Crippen LogP contribution in [0.2, 0.25) is 0 Å². The monoisotopic (exact) mass is 1540 g/mol. The summed E-state index contributed by atoms with van der Waals surface area (Å²) in [5.74, 6) is 58.5. The molecule has 0 bridgehead atoms. The average molecular weight is 1540 g/mol. The molecular weight excluding hydrogens is 1390 g/mol. The van der Waals surface area contributed by atoms with E-state index in [1.54, 1.807) is 13.8 Å². The number of imide groups is 1. The first-order chi connectivity index (χ1) is 51.4. The molecule has 4 unspecified atom stereocenters. The Labute approximate surface area is 675 Å². The van der Waals surface area contributed by atoms with Crippen molar-refractivity contribution in [3.63, 3.8) is 0 Å². The standard InChI is InChI=1S/C85H108N2O17S2.24H2/c1-6-10-14-18-21-24-27-30-31-32-33-34-35-36-37-38-39-40-43-46-49-52-55-59-71(90)86-66(73(92)68(89)58-54-51-48-45-42-29-26-23-20-16-12-8-3)62-102-85-79(98)77(96)75(94)70(104-85)64-106-81-80(82(99)87(83(81)100)60-56-17-13-9-4)105-63-69-74(93)76(95)78(97)84(103-69)101-61-65(5)72(91)67(88)57-53-50-47-44-41-28-25-22-19-15-11-7-2;;;;;;;;;;;;;;;;;;;;;;;;/h4,65-70,72-79,84-85,88-89,91-98H,7-8,11-13,15-17,19-20,22-23,25-26,28-29,41-42,44-45,47-48,50-51,53-54,56-58,60-64H2,1-3,5H3,(H,86,90);24*1H/t65-,66-,67+,68+,69?,70?,72-,73-,74-,75-,76-,77-,78?,79?,84-,85-;;;;;;;;;;;;;;;;;;;;;;;;/m0......................../s1. The van der Waals surface area contributed by atoms with Crippen LogP contribution in [0.3, 0.4) is 0 Å². The number of unbranched alkanes of at least 4 members (excludes halogenated alkanes) is 24. The number of aliphatic hydroxyl groups excluding tert-OH is 10. The van der Waals surface area contributed by atoms with E-state index in [9.17, 15) is 65.4 Å². The van der Waals surface area contributed by atoms with Crippen molar-refractivity contribution in [1.82, 2.24) is 10.2 Å². The summed E-state index contributed by atoms with van der Waals surface area (Å²) in [5, 5.41) is 114. The number of carbonyl (C=O) groups is 3. The molecular formula is C85H156N2O17S2. The number of nitrogens with one attached hydrogen (secondary N) is 1. The first-order valence-corrected chi connectivity index (χ1v) is 39.3. The van der Waals surface area contributed by atoms with E-state index in [0.717, 1.165) is 86.2 Å². The fourth-order valence-electron chi connectivity index (χ4n) is 11.3. The maximum absolute atomic E-state index is 14.2. The van der Waals surface area contributed by atoms with Gasteiger partial charge in [0, 0.05) is 106 Å². The molecule has 3 heterocycles. The first kappa shape index (κ1) is 93.0. The molecule has 3 aliphatic heterocycles. The molecule has 21 heteroatoms. The van der Waals surface area contributed by atoms with Crippen molar-refractivity contribution in [2.45, 2.75) is 306 Å². The molecule has 11 N–H and O–H groups in total. The SMILES string of the molecule is C#CCCCCN1C(=O)C(SCC2O[C@H](OC[C@H](NC(=O)C#CC#CC#CC#CC#CC#CC#CC#CC#CC#CC#CC#CC)[C@H](O)[C@H](O)CCCCCCCCCCCCCC)C(O)[C@@H](O)[C@H]2O)=C(SCC2O[C@H](OC[C@H](C)[C@H](O)[C@H](O)CCCCCCCCCCCCCC)C(O)[C@@H](O)[C@H]2O)C1=O.[HH].[HH].[HH].[HH].[HH].[HH].[HH].[HH].[HH].[HH].[HH].[HH].[HH].[HH].[HH].[HH].[HH].[HH].[HH].[HH].[HH].[HH].[HH].[HH]. The summed E-state index contributed by atoms with van der Waals surface area (Å²) in [4.78, 5) is 42.5. The second kappa shape index (κ2) is 58.8. The van der Waals surface area contributed by atoms with E-state index in [1.165, 1.54) is 89.9 Å². The van der Waals surface area contributed by atoms with E-state index in [0.29, 0.717) is 32.1 Å². The molecule has 0 spiro atoms. The summed E-state index contributed by atoms with van der Waals surface area (Å²) in [6.45, 7) is 6.88. The van der Waals surface area contributed by atoms with Crippen molar-refractivity contribution in [1.29, 1.82) is 0 Å². The zero-order valence-electron chi connectivity index (χ0n) is 62.0. The number of thioether (sulfide) groups is 2. The summed E-state index contributed by atoms with van der Waals surface area (Å²) >= 11 is 1.61. The minimum Gasteiger partial charge on any atom is -0.390 e. The summed E-state index contributed by atoms with van der Waals surface area (Å²) in [5.41, 5.74) is 0. The van der Waals surface area contributed by atoms with Gasteiger partial charge in [-0.2, -0.15) is 0 Å². The fourth-order valence-corrected chi connectivity index (χ4v) is 13.8. The smallest absolute Gasteiger partial charge is 0.297 e. The Bertz CT molecular complexity index is 3690. The molecule has 16 atom stereocenters. The Morgan fingerprint density at radius 3 is 1.18 bits per heavy atom. The maximum atomic E-state index is 14.2. The Balaban J connectivity index is -0.000000243. The number of nitrogens with zero attached hydrogens (tertiary/aromatic N) is 1. The predicted molar refractivity (Wildman–Crippen MR) is 463 cm³/mol. The minimum atomic E-state index is -1.91. The third-order valence-electron chi connectivity index (χ3n) is 17.5. The van der Waals surface area contributed by atoms with Gasteiger partial charge in [0.25, 0.3) is 17.7 Å². The van der Waals surface area contributed by atoms with E-state index < -0.39 is 122 Å². The van der Waals surface area contributed by atoms with Crippen LogP contribution in [0.25, 0.3) is 0 Å². The van der Waals surface area contributed by atoms with E-state index in [2.05, 4.69) is 167 Å². The summed E-state index contributed by atoms with van der Waals surface area (Å²) in [6, 6.07) is -1.40. The van der Waals surface area contributed by atoms with Crippen LogP contribution in [-0.2, 0) is 33.3 Å². The maximum Gasteiger partial charge on any atom is 0.297 e. The Morgan fingerprint density at radius 2 is 0.811 bits per heavy atom. The molecule has 3 aliphatic rings. The van der Waals surface area contributed by atoms with Gasteiger partial charge in [-0.15, -0.1) is 35.9 Å². The van der Waals surface area contributed by atoms with Crippen molar-refractivity contribution in [3.05, 3.63) is 9.81 Å². The van der Waals surface area contributed by atoms with Crippen molar-refractivity contribution in [2.24, 2.45) is 5.92 Å². The van der Waals surface area contributed by atoms with Gasteiger partial charge in [-0.1, -0.05) is 181 Å². The molecule has 620 valence electrons. The molecule has 3 rings (SSSR count). The van der Waals surface area contributed by atoms with Crippen LogP contribution in [0.1, 0.15) is 248 Å². The van der Waals surface area contributed by atoms with Gasteiger partial charge in [0.1, 0.15) is 42.7 Å². The Morgan fingerprint density at radius 1 is 0.472 bits per heavy atom. The van der Waals surface area contributed by atoms with Crippen molar-refractivity contribution >= 4 is 41.2 Å². The molecule has 0 aromatic carbocycles. The molecule has 2 fully saturated rings. The van der Waals surface area contributed by atoms with Crippen LogP contribution in [-0.4, -0.2) is 197 Å². The van der Waals surface area contributed by atoms with Gasteiger partial charge >= 0.3 is 0 Å². The minimum absolute atomic E-state index is 0. The molecule has 19 nitrogen and oxygen atoms in total. The number of aliphatic hydroxyl groups is 10. The zero-order valence-corrected chi connectivity index (χ0v) is 63.6. The van der Waals surface area contributed by atoms with Crippen LogP contribution < -0.4 is 5.32 Å². The number of carbonyl (C=O) groups excluding carboxylic acids is 3. The highest BCUT2D eigenvalue weighted by Crippen LogP contribution is 2.40. The van der Waals surface area contributed by atoms with Crippen LogP contribution in [0.15, 0.2) is 9.81 Å². The van der Waals surface area contributed by atoms with Gasteiger partial charge in [0.05, 0.1) is 59.6 Å². The van der Waals surface area contributed by atoms with Crippen LogP contribution in [0, 0.1) is 160 Å². The highest BCUT2D eigenvalue weighted by molar-refractivity contribution is 8.08. The zero-order chi connectivity index (χ0) is 77.4. The van der Waals surface area contributed by atoms with Crippen LogP contribution >= 0.6 is 23.5 Å². The lowest BCUT2D eigenvalue weighted by atomic mass is 9.96. The second-order valence-electron chi connectivity index (χ2n) is 26.1. The number of rotatable bonds is 47. The van der Waals surface area contributed by atoms with Gasteiger partial charge in [-0.3, -0.25) is 19.3 Å². The topological polar surface area (TPSA) is 306 Å². The predicted octanol–water partition coefficient (Wildman–Crippen LogP) is 12.2. The number of hydrogen-bond donors (Lipinski definition) is 11. The molecule has 3 amide bonds. The van der Waals surface area contributed by atoms with E-state index in [4.69, 9.17) is 25.4 Å². The third kappa shape index (κ3) is 38.5. The summed E-state index contributed by atoms with van der Waals surface area (Å²) in [6.07, 6.45) is 12.1. The molecule has 0 radical (unpaired) electrons. The highest BCUT2D eigenvalue weighted by atomic mass is 32.2. The van der Waals surface area contributed by atoms with E-state index in [1.807, 2.05) is 0 Å². The van der Waals surface area contributed by atoms with Gasteiger partial charge in [0.2, 0.25) is 0 Å². The molecule has 0 aromatic heterocycles. The number of hydrogen-bond acceptors (Lipinski definition) is 19. The lowest BCUT2D eigenvalue weighted by molar-refractivity contribution is -0.295. The molecule has 0 aromatic rings. The lowest BCUT2D eigenvalue weighted by Crippen LogP contribution is -2.60. The normalized spacial score (nSPS) is 21.3. The lowest BCUT2D eigenvalue weighted by Gasteiger charge is -2.41. The fraction of sp³-hybridized carbons (Fsp3) is 0.635. The largest absolute Gasteiger partial charge is 0.390 e. The number of terminal acetylenes is 1. The van der Waals surface area contributed by atoms with Crippen LogP contribution in [0.4, 0.5) is 0 Å². The van der Waals surface area contributed by atoms with Crippen molar-refractivity contribution in [2.75, 3.05) is 31.3 Å². The van der Waals surface area contributed by atoms with Gasteiger partial charge in [0.15, 0.2) is 12.6 Å². The van der Waals surface area contributed by atoms with Gasteiger partial charge in [-0.05, 0) is 127 Å². The number of ether oxygens (including phenoxy) is 4. The van der Waals surface area contributed by atoms with Crippen molar-refractivity contribution < 1.29 is 119 Å². The highest BCUT2D eigenvalue weighted by Gasteiger charge is 2.48. The molecule has 2 saturated heterocycles. The average Bonchev–Trinajstić information content (AvgIpc) is 1.64. The molecule has 0 aliphatic carbocycles. The third-order valence-corrected chi connectivity index (χ3v) is 20.0. The van der Waals surface area contributed by atoms with Crippen molar-refractivity contribution in [3.8, 4) is 154 Å². The molecule has 0 saturated carbocycles. The first-order valence-electron chi connectivity index (χ1n) is 37.3.